The van der Waals surface area contributed by atoms with E-state index < -0.39 is 0 Å². The van der Waals surface area contributed by atoms with Crippen LogP contribution in [0.15, 0.2) is 64.1 Å². The molecule has 0 radical (unpaired) electrons. The van der Waals surface area contributed by atoms with Crippen LogP contribution in [0.1, 0.15) is 17.1 Å². The minimum atomic E-state index is 0.295. The molecule has 2 heterocycles. The summed E-state index contributed by atoms with van der Waals surface area (Å²) in [4.78, 5) is 4.46. The predicted molar refractivity (Wildman–Crippen MR) is 110 cm³/mol. The summed E-state index contributed by atoms with van der Waals surface area (Å²) in [6, 6.07) is 17.3. The Morgan fingerprint density at radius 2 is 2.07 bits per heavy atom. The van der Waals surface area contributed by atoms with E-state index in [4.69, 9.17) is 20.8 Å². The number of fused-ring (bicyclic) bond motifs is 1. The third-order valence-corrected chi connectivity index (χ3v) is 5.09. The van der Waals surface area contributed by atoms with Crippen molar-refractivity contribution in [2.45, 2.75) is 13.5 Å². The molecule has 1 N–H and O–H groups in total. The van der Waals surface area contributed by atoms with Crippen molar-refractivity contribution < 1.29 is 9.15 Å². The molecule has 0 fully saturated rings. The van der Waals surface area contributed by atoms with Gasteiger partial charge in [-0.3, -0.25) is 5.43 Å². The number of halogens is 1. The van der Waals surface area contributed by atoms with Gasteiger partial charge in [-0.15, -0.1) is 0 Å². The van der Waals surface area contributed by atoms with Crippen LogP contribution in [0.25, 0.3) is 10.2 Å². The van der Waals surface area contributed by atoms with E-state index in [1.54, 1.807) is 23.6 Å². The number of nitrogens with zero attached hydrogens (tertiary/aromatic N) is 2. The summed E-state index contributed by atoms with van der Waals surface area (Å²) in [6.07, 6.45) is 1.61. The Labute approximate surface area is 165 Å². The number of hydrogen-bond acceptors (Lipinski definition) is 6. The number of para-hydroxylation sites is 2. The molecule has 0 saturated heterocycles. The molecule has 0 unspecified atom stereocenters. The number of hydrogen-bond donors (Lipinski definition) is 1. The van der Waals surface area contributed by atoms with E-state index in [1.807, 2.05) is 55.5 Å². The van der Waals surface area contributed by atoms with Gasteiger partial charge in [0.15, 0.2) is 0 Å². The predicted octanol–water partition coefficient (Wildman–Crippen LogP) is 5.88. The van der Waals surface area contributed by atoms with Gasteiger partial charge in [-0.2, -0.15) is 5.10 Å². The zero-order valence-corrected chi connectivity index (χ0v) is 16.1. The van der Waals surface area contributed by atoms with E-state index in [1.165, 1.54) is 0 Å². The Bertz CT molecular complexity index is 1050. The molecule has 0 spiro atoms. The lowest BCUT2D eigenvalue weighted by Crippen LogP contribution is -1.96. The molecule has 0 amide bonds. The van der Waals surface area contributed by atoms with Gasteiger partial charge < -0.3 is 9.15 Å². The largest absolute Gasteiger partial charge is 0.484 e. The number of aryl methyl sites for hydroxylation is 1. The fourth-order valence-electron chi connectivity index (χ4n) is 2.56. The van der Waals surface area contributed by atoms with Gasteiger partial charge in [0.1, 0.15) is 23.9 Å². The maximum absolute atomic E-state index is 6.17. The second kappa shape index (κ2) is 7.82. The van der Waals surface area contributed by atoms with Crippen molar-refractivity contribution in [1.82, 2.24) is 4.98 Å². The monoisotopic (exact) mass is 397 g/mol. The summed E-state index contributed by atoms with van der Waals surface area (Å²) in [5, 5.41) is 5.50. The SMILES string of the molecule is Cc1cccc(Cl)c1OCc1ccc(/C=N\Nc2nc3ccccc3s2)o1. The molecule has 136 valence electrons. The van der Waals surface area contributed by atoms with Gasteiger partial charge >= 0.3 is 0 Å². The standard InChI is InChI=1S/C20H16ClN3O2S/c1-13-5-4-6-16(21)19(13)25-12-15-10-9-14(26-15)11-22-24-20-23-17-7-2-3-8-18(17)27-20/h2-11H,12H2,1H3,(H,23,24)/b22-11-. The molecular weight excluding hydrogens is 382 g/mol. The van der Waals surface area contributed by atoms with E-state index in [2.05, 4.69) is 15.5 Å². The smallest absolute Gasteiger partial charge is 0.204 e. The fraction of sp³-hybridized carbons (Fsp3) is 0.100. The first-order chi connectivity index (χ1) is 13.2. The molecule has 0 aliphatic rings. The van der Waals surface area contributed by atoms with E-state index in [0.29, 0.717) is 28.9 Å². The molecule has 7 heteroatoms. The number of thiazole rings is 1. The van der Waals surface area contributed by atoms with Crippen LogP contribution in [0.3, 0.4) is 0 Å². The molecule has 27 heavy (non-hydrogen) atoms. The van der Waals surface area contributed by atoms with Crippen molar-refractivity contribution in [2.75, 3.05) is 5.43 Å². The third kappa shape index (κ3) is 4.13. The van der Waals surface area contributed by atoms with Gasteiger partial charge in [-0.25, -0.2) is 4.98 Å². The highest BCUT2D eigenvalue weighted by atomic mass is 35.5. The van der Waals surface area contributed by atoms with Crippen LogP contribution in [0.2, 0.25) is 5.02 Å². The van der Waals surface area contributed by atoms with Crippen LogP contribution in [-0.4, -0.2) is 11.2 Å². The van der Waals surface area contributed by atoms with Crippen molar-refractivity contribution in [2.24, 2.45) is 5.10 Å². The molecule has 0 aliphatic heterocycles. The van der Waals surface area contributed by atoms with Gasteiger partial charge in [0, 0.05) is 0 Å². The summed E-state index contributed by atoms with van der Waals surface area (Å²) >= 11 is 7.71. The van der Waals surface area contributed by atoms with E-state index in [-0.39, 0.29) is 0 Å². The van der Waals surface area contributed by atoms with Gasteiger partial charge in [-0.1, -0.05) is 47.2 Å². The highest BCUT2D eigenvalue weighted by Gasteiger charge is 2.07. The minimum absolute atomic E-state index is 0.295. The van der Waals surface area contributed by atoms with Gasteiger partial charge in [0.2, 0.25) is 5.13 Å². The molecular formula is C20H16ClN3O2S. The Balaban J connectivity index is 1.37. The lowest BCUT2D eigenvalue weighted by molar-refractivity contribution is 0.268. The number of ether oxygens (including phenoxy) is 1. The van der Waals surface area contributed by atoms with Crippen molar-refractivity contribution in [3.8, 4) is 5.75 Å². The first-order valence-corrected chi connectivity index (χ1v) is 9.50. The quantitative estimate of drug-likeness (QED) is 0.326. The summed E-state index contributed by atoms with van der Waals surface area (Å²) in [5.74, 6) is 1.98. The second-order valence-corrected chi connectivity index (χ2v) is 7.27. The molecule has 5 nitrogen and oxygen atoms in total. The van der Waals surface area contributed by atoms with Crippen molar-refractivity contribution in [3.63, 3.8) is 0 Å². The summed E-state index contributed by atoms with van der Waals surface area (Å²) in [6.45, 7) is 2.25. The zero-order chi connectivity index (χ0) is 18.6. The van der Waals surface area contributed by atoms with Crippen molar-refractivity contribution in [3.05, 3.63) is 76.7 Å². The summed E-state index contributed by atoms with van der Waals surface area (Å²) in [7, 11) is 0. The van der Waals surface area contributed by atoms with E-state index in [0.717, 1.165) is 20.9 Å². The van der Waals surface area contributed by atoms with Crippen LogP contribution < -0.4 is 10.2 Å². The average Bonchev–Trinajstić information content (AvgIpc) is 3.27. The Kier molecular flexibility index (Phi) is 5.09. The summed E-state index contributed by atoms with van der Waals surface area (Å²) in [5.41, 5.74) is 4.87. The first kappa shape index (κ1) is 17.6. The number of anilines is 1. The Hall–Kier alpha value is -2.83. The van der Waals surface area contributed by atoms with Crippen molar-refractivity contribution in [1.29, 1.82) is 0 Å². The number of rotatable bonds is 6. The van der Waals surface area contributed by atoms with E-state index in [9.17, 15) is 0 Å². The zero-order valence-electron chi connectivity index (χ0n) is 14.5. The lowest BCUT2D eigenvalue weighted by atomic mass is 10.2. The molecule has 2 aromatic carbocycles. The van der Waals surface area contributed by atoms with Crippen LogP contribution >= 0.6 is 22.9 Å². The van der Waals surface area contributed by atoms with E-state index >= 15 is 0 Å². The van der Waals surface area contributed by atoms with Crippen LogP contribution in [0.4, 0.5) is 5.13 Å². The molecule has 0 saturated carbocycles. The molecule has 0 atom stereocenters. The Morgan fingerprint density at radius 1 is 1.19 bits per heavy atom. The second-order valence-electron chi connectivity index (χ2n) is 5.84. The molecule has 4 aromatic rings. The average molecular weight is 398 g/mol. The number of aromatic nitrogens is 1. The molecule has 0 aliphatic carbocycles. The highest BCUT2D eigenvalue weighted by molar-refractivity contribution is 7.22. The first-order valence-electron chi connectivity index (χ1n) is 8.30. The number of hydrazone groups is 1. The fourth-order valence-corrected chi connectivity index (χ4v) is 3.65. The maximum Gasteiger partial charge on any atom is 0.204 e. The van der Waals surface area contributed by atoms with Gasteiger partial charge in [0.05, 0.1) is 21.5 Å². The molecule has 2 aromatic heterocycles. The van der Waals surface area contributed by atoms with Crippen LogP contribution in [0, 0.1) is 6.92 Å². The maximum atomic E-state index is 6.17. The van der Waals surface area contributed by atoms with Crippen LogP contribution in [-0.2, 0) is 6.61 Å². The highest BCUT2D eigenvalue weighted by Crippen LogP contribution is 2.29. The third-order valence-electron chi connectivity index (χ3n) is 3.85. The minimum Gasteiger partial charge on any atom is -0.484 e. The van der Waals surface area contributed by atoms with Crippen LogP contribution in [0.5, 0.6) is 5.75 Å². The number of benzene rings is 2. The Morgan fingerprint density at radius 3 is 2.93 bits per heavy atom. The van der Waals surface area contributed by atoms with Gasteiger partial charge in [0.25, 0.3) is 0 Å². The number of furan rings is 1. The number of nitrogens with one attached hydrogen (secondary N) is 1. The normalized spacial score (nSPS) is 11.3. The van der Waals surface area contributed by atoms with Crippen molar-refractivity contribution >= 4 is 44.5 Å². The molecule has 4 rings (SSSR count). The molecule has 0 bridgehead atoms. The topological polar surface area (TPSA) is 59.6 Å². The summed E-state index contributed by atoms with van der Waals surface area (Å²) < 4.78 is 12.6. The lowest BCUT2D eigenvalue weighted by Gasteiger charge is -2.09. The van der Waals surface area contributed by atoms with Gasteiger partial charge in [-0.05, 0) is 42.8 Å².